The lowest BCUT2D eigenvalue weighted by atomic mass is 10.0. The molecular formula is C19H17Cl2NO3. The summed E-state index contributed by atoms with van der Waals surface area (Å²) in [6.07, 6.45) is -0.156. The van der Waals surface area contributed by atoms with Crippen LogP contribution in [0.3, 0.4) is 0 Å². The van der Waals surface area contributed by atoms with Gasteiger partial charge in [-0.2, -0.15) is 0 Å². The number of aliphatic carboxylic acids is 1. The normalized spacial score (nSPS) is 11.0. The molecule has 0 amide bonds. The molecule has 0 saturated heterocycles. The van der Waals surface area contributed by atoms with Crippen LogP contribution >= 0.6 is 23.2 Å². The number of carboxylic acid groups (broad SMARTS) is 1. The highest BCUT2D eigenvalue weighted by atomic mass is 35.5. The predicted molar refractivity (Wildman–Crippen MR) is 101 cm³/mol. The SMILES string of the molecule is CCOc1ccc(Cl)cc1-c1[nH]c2c(C)ccc(Cl)c2c1CC(=O)O. The number of carboxylic acids is 1. The standard InChI is InChI=1S/C19H17Cl2NO3/c1-3-25-15-7-5-11(20)8-12(15)19-13(9-16(23)24)17-14(21)6-4-10(2)18(17)22-19/h4-8,22H,3,9H2,1-2H3,(H,23,24). The van der Waals surface area contributed by atoms with E-state index < -0.39 is 5.97 Å². The van der Waals surface area contributed by atoms with E-state index in [1.165, 1.54) is 0 Å². The Bertz CT molecular complexity index is 963. The molecule has 25 heavy (non-hydrogen) atoms. The van der Waals surface area contributed by atoms with Gasteiger partial charge in [0.2, 0.25) is 0 Å². The van der Waals surface area contributed by atoms with Gasteiger partial charge < -0.3 is 14.8 Å². The molecule has 2 aromatic carbocycles. The van der Waals surface area contributed by atoms with E-state index in [2.05, 4.69) is 4.98 Å². The van der Waals surface area contributed by atoms with Crippen LogP contribution in [0.25, 0.3) is 22.2 Å². The van der Waals surface area contributed by atoms with Gasteiger partial charge in [0.1, 0.15) is 5.75 Å². The Balaban J connectivity index is 2.37. The second-order valence-corrected chi connectivity index (χ2v) is 6.58. The number of halogens is 2. The molecule has 2 N–H and O–H groups in total. The molecule has 0 fully saturated rings. The van der Waals surface area contributed by atoms with Crippen molar-refractivity contribution in [2.24, 2.45) is 0 Å². The van der Waals surface area contributed by atoms with Gasteiger partial charge in [-0.1, -0.05) is 29.3 Å². The lowest BCUT2D eigenvalue weighted by Crippen LogP contribution is -2.02. The number of carbonyl (C=O) groups is 1. The molecule has 130 valence electrons. The van der Waals surface area contributed by atoms with Gasteiger partial charge in [0.25, 0.3) is 0 Å². The molecule has 0 saturated carbocycles. The molecule has 0 aliphatic carbocycles. The zero-order valence-corrected chi connectivity index (χ0v) is 15.3. The molecule has 4 nitrogen and oxygen atoms in total. The number of H-pyrrole nitrogens is 1. The summed E-state index contributed by atoms with van der Waals surface area (Å²) in [5.41, 5.74) is 3.81. The minimum atomic E-state index is -0.931. The van der Waals surface area contributed by atoms with Gasteiger partial charge in [-0.25, -0.2) is 0 Å². The highest BCUT2D eigenvalue weighted by Gasteiger charge is 2.21. The summed E-state index contributed by atoms with van der Waals surface area (Å²) in [4.78, 5) is 14.8. The van der Waals surface area contributed by atoms with Crippen LogP contribution in [-0.2, 0) is 11.2 Å². The lowest BCUT2D eigenvalue weighted by Gasteiger charge is -2.11. The Morgan fingerprint density at radius 3 is 2.68 bits per heavy atom. The van der Waals surface area contributed by atoms with E-state index in [9.17, 15) is 9.90 Å². The number of ether oxygens (including phenoxy) is 1. The topological polar surface area (TPSA) is 62.3 Å². The Labute approximate surface area is 155 Å². The van der Waals surface area contributed by atoms with E-state index >= 15 is 0 Å². The van der Waals surface area contributed by atoms with Gasteiger partial charge in [0.05, 0.1) is 29.3 Å². The van der Waals surface area contributed by atoms with Gasteiger partial charge >= 0.3 is 5.97 Å². The van der Waals surface area contributed by atoms with Crippen LogP contribution in [0.4, 0.5) is 0 Å². The number of fused-ring (bicyclic) bond motifs is 1. The average Bonchev–Trinajstić information content (AvgIpc) is 2.93. The lowest BCUT2D eigenvalue weighted by molar-refractivity contribution is -0.136. The second kappa shape index (κ2) is 6.98. The van der Waals surface area contributed by atoms with Crippen molar-refractivity contribution >= 4 is 40.1 Å². The number of aromatic nitrogens is 1. The molecule has 0 aliphatic rings. The van der Waals surface area contributed by atoms with Crippen LogP contribution in [0.1, 0.15) is 18.1 Å². The number of aromatic amines is 1. The monoisotopic (exact) mass is 377 g/mol. The molecule has 1 aromatic heterocycles. The third-order valence-corrected chi connectivity index (χ3v) is 4.61. The van der Waals surface area contributed by atoms with Crippen molar-refractivity contribution in [3.05, 3.63) is 51.5 Å². The quantitative estimate of drug-likeness (QED) is 0.618. The Morgan fingerprint density at radius 1 is 1.24 bits per heavy atom. The van der Waals surface area contributed by atoms with Crippen molar-refractivity contribution < 1.29 is 14.6 Å². The highest BCUT2D eigenvalue weighted by molar-refractivity contribution is 6.36. The van der Waals surface area contributed by atoms with Crippen molar-refractivity contribution in [3.8, 4) is 17.0 Å². The number of nitrogens with one attached hydrogen (secondary N) is 1. The van der Waals surface area contributed by atoms with Crippen LogP contribution in [0.5, 0.6) is 5.75 Å². The van der Waals surface area contributed by atoms with Crippen LogP contribution in [0.15, 0.2) is 30.3 Å². The summed E-state index contributed by atoms with van der Waals surface area (Å²) in [6, 6.07) is 8.98. The van der Waals surface area contributed by atoms with Gasteiger partial charge in [-0.05, 0) is 49.2 Å². The predicted octanol–water partition coefficient (Wildman–Crippen LogP) is 5.48. The maximum atomic E-state index is 11.5. The number of hydrogen-bond donors (Lipinski definition) is 2. The summed E-state index contributed by atoms with van der Waals surface area (Å²) >= 11 is 12.6. The largest absolute Gasteiger partial charge is 0.493 e. The maximum Gasteiger partial charge on any atom is 0.307 e. The number of rotatable bonds is 5. The fourth-order valence-electron chi connectivity index (χ4n) is 3.00. The minimum Gasteiger partial charge on any atom is -0.493 e. The first-order valence-electron chi connectivity index (χ1n) is 7.86. The molecule has 0 unspecified atom stereocenters. The molecule has 6 heteroatoms. The molecular weight excluding hydrogens is 361 g/mol. The Morgan fingerprint density at radius 2 is 2.00 bits per heavy atom. The summed E-state index contributed by atoms with van der Waals surface area (Å²) in [5, 5.41) is 11.2. The van der Waals surface area contributed by atoms with E-state index in [0.717, 1.165) is 22.0 Å². The summed E-state index contributed by atoms with van der Waals surface area (Å²) in [5.74, 6) is -0.293. The third kappa shape index (κ3) is 3.32. The fraction of sp³-hybridized carbons (Fsp3) is 0.211. The molecule has 0 radical (unpaired) electrons. The number of hydrogen-bond acceptors (Lipinski definition) is 2. The van der Waals surface area contributed by atoms with E-state index in [4.69, 9.17) is 27.9 Å². The molecule has 0 aliphatic heterocycles. The summed E-state index contributed by atoms with van der Waals surface area (Å²) < 4.78 is 5.70. The van der Waals surface area contributed by atoms with Crippen LogP contribution in [0, 0.1) is 6.92 Å². The molecule has 3 rings (SSSR count). The number of aryl methyl sites for hydroxylation is 1. The smallest absolute Gasteiger partial charge is 0.307 e. The first-order valence-corrected chi connectivity index (χ1v) is 8.62. The second-order valence-electron chi connectivity index (χ2n) is 5.74. The molecule has 0 atom stereocenters. The molecule has 1 heterocycles. The van der Waals surface area contributed by atoms with Gasteiger partial charge in [0.15, 0.2) is 0 Å². The van der Waals surface area contributed by atoms with Crippen molar-refractivity contribution in [2.75, 3.05) is 6.61 Å². The minimum absolute atomic E-state index is 0.156. The Hall–Kier alpha value is -2.17. The van der Waals surface area contributed by atoms with Crippen LogP contribution < -0.4 is 4.74 Å². The van der Waals surface area contributed by atoms with Crippen LogP contribution in [0.2, 0.25) is 10.0 Å². The van der Waals surface area contributed by atoms with Crippen molar-refractivity contribution in [2.45, 2.75) is 20.3 Å². The van der Waals surface area contributed by atoms with E-state index in [1.807, 2.05) is 19.9 Å². The first-order chi connectivity index (χ1) is 11.9. The van der Waals surface area contributed by atoms with E-state index in [-0.39, 0.29) is 6.42 Å². The van der Waals surface area contributed by atoms with E-state index in [1.54, 1.807) is 24.3 Å². The summed E-state index contributed by atoms with van der Waals surface area (Å²) in [6.45, 7) is 4.33. The highest BCUT2D eigenvalue weighted by Crippen LogP contribution is 2.40. The first kappa shape index (κ1) is 17.6. The summed E-state index contributed by atoms with van der Waals surface area (Å²) in [7, 11) is 0. The fourth-order valence-corrected chi connectivity index (χ4v) is 3.44. The Kier molecular flexibility index (Phi) is 4.93. The van der Waals surface area contributed by atoms with E-state index in [0.29, 0.717) is 33.7 Å². The van der Waals surface area contributed by atoms with Gasteiger partial charge in [-0.3, -0.25) is 4.79 Å². The molecule has 0 bridgehead atoms. The molecule has 0 spiro atoms. The van der Waals surface area contributed by atoms with Crippen molar-refractivity contribution in [1.82, 2.24) is 4.98 Å². The zero-order valence-electron chi connectivity index (χ0n) is 13.8. The maximum absolute atomic E-state index is 11.5. The zero-order chi connectivity index (χ0) is 18.1. The average molecular weight is 378 g/mol. The van der Waals surface area contributed by atoms with Crippen molar-refractivity contribution in [1.29, 1.82) is 0 Å². The van der Waals surface area contributed by atoms with Gasteiger partial charge in [0, 0.05) is 16.0 Å². The third-order valence-electron chi connectivity index (χ3n) is 4.06. The van der Waals surface area contributed by atoms with Gasteiger partial charge in [-0.15, -0.1) is 0 Å². The van der Waals surface area contributed by atoms with Crippen LogP contribution in [-0.4, -0.2) is 22.7 Å². The van der Waals surface area contributed by atoms with Crippen molar-refractivity contribution in [3.63, 3.8) is 0 Å². The number of benzene rings is 2. The molecule has 3 aromatic rings.